The Kier molecular flexibility index (Phi) is 5.22. The average Bonchev–Trinajstić information content (AvgIpc) is 2.28. The molecule has 0 saturated carbocycles. The zero-order valence-corrected chi connectivity index (χ0v) is 12.6. The van der Waals surface area contributed by atoms with Gasteiger partial charge in [-0.15, -0.1) is 0 Å². The minimum absolute atomic E-state index is 0.0490. The normalized spacial score (nSPS) is 13.2. The molecule has 2 N–H and O–H groups in total. The minimum Gasteiger partial charge on any atom is -0.350 e. The van der Waals surface area contributed by atoms with E-state index in [9.17, 15) is 13.6 Å². The van der Waals surface area contributed by atoms with Gasteiger partial charge in [-0.25, -0.2) is 8.78 Å². The van der Waals surface area contributed by atoms with Crippen molar-refractivity contribution < 1.29 is 13.6 Å². The number of carbonyl (C=O) groups is 1. The average molecular weight is 284 g/mol. The van der Waals surface area contributed by atoms with Crippen molar-refractivity contribution in [2.75, 3.05) is 6.54 Å². The van der Waals surface area contributed by atoms with Gasteiger partial charge in [0.1, 0.15) is 11.6 Å². The van der Waals surface area contributed by atoms with Crippen molar-refractivity contribution in [1.29, 1.82) is 0 Å². The lowest BCUT2D eigenvalue weighted by atomic mass is 10.0. The van der Waals surface area contributed by atoms with Gasteiger partial charge >= 0.3 is 0 Å². The van der Waals surface area contributed by atoms with Crippen LogP contribution in [-0.2, 0) is 4.79 Å². The highest BCUT2D eigenvalue weighted by Crippen LogP contribution is 2.20. The van der Waals surface area contributed by atoms with Crippen LogP contribution in [0.15, 0.2) is 12.1 Å². The summed E-state index contributed by atoms with van der Waals surface area (Å²) in [6.07, 6.45) is 0. The molecule has 0 aliphatic carbocycles. The summed E-state index contributed by atoms with van der Waals surface area (Å²) in [5.41, 5.74) is 0.170. The first-order valence-corrected chi connectivity index (χ1v) is 6.60. The summed E-state index contributed by atoms with van der Waals surface area (Å²) in [5, 5.41) is 5.68. The highest BCUT2D eigenvalue weighted by atomic mass is 19.1. The van der Waals surface area contributed by atoms with E-state index in [-0.39, 0.29) is 29.1 Å². The number of rotatable bonds is 4. The lowest BCUT2D eigenvalue weighted by Crippen LogP contribution is -2.45. The van der Waals surface area contributed by atoms with Crippen LogP contribution in [0.25, 0.3) is 0 Å². The predicted molar refractivity (Wildman–Crippen MR) is 75.4 cm³/mol. The van der Waals surface area contributed by atoms with Crippen molar-refractivity contribution in [3.63, 3.8) is 0 Å². The van der Waals surface area contributed by atoms with Crippen LogP contribution in [0.3, 0.4) is 0 Å². The Balaban J connectivity index is 2.66. The van der Waals surface area contributed by atoms with Crippen molar-refractivity contribution in [3.8, 4) is 0 Å². The molecule has 3 nitrogen and oxygen atoms in total. The largest absolute Gasteiger partial charge is 0.350 e. The quantitative estimate of drug-likeness (QED) is 0.892. The molecular formula is C15H22F2N2O. The van der Waals surface area contributed by atoms with Crippen LogP contribution >= 0.6 is 0 Å². The lowest BCUT2D eigenvalue weighted by Gasteiger charge is -2.22. The molecule has 1 unspecified atom stereocenters. The van der Waals surface area contributed by atoms with Gasteiger partial charge < -0.3 is 10.6 Å². The maximum atomic E-state index is 13.8. The molecule has 20 heavy (non-hydrogen) atoms. The summed E-state index contributed by atoms with van der Waals surface area (Å²) in [6, 6.07) is 1.89. The fourth-order valence-electron chi connectivity index (χ4n) is 1.81. The van der Waals surface area contributed by atoms with E-state index in [1.165, 1.54) is 13.0 Å². The van der Waals surface area contributed by atoms with E-state index in [1.807, 2.05) is 20.8 Å². The van der Waals surface area contributed by atoms with Gasteiger partial charge in [-0.3, -0.25) is 4.79 Å². The van der Waals surface area contributed by atoms with Gasteiger partial charge in [-0.05, 0) is 52.3 Å². The zero-order chi connectivity index (χ0) is 15.5. The van der Waals surface area contributed by atoms with Gasteiger partial charge in [-0.1, -0.05) is 0 Å². The molecule has 0 aliphatic heterocycles. The van der Waals surface area contributed by atoms with Crippen molar-refractivity contribution in [2.24, 2.45) is 0 Å². The fraction of sp³-hybridized carbons (Fsp3) is 0.533. The summed E-state index contributed by atoms with van der Waals surface area (Å²) in [5.74, 6) is -1.10. The standard InChI is InChI=1S/C15H22F2N2O/c1-9-6-13(17)11(7-12(9)16)10(2)18-8-14(20)19-15(3,4)5/h6-7,10,18H,8H2,1-5H3,(H,19,20). The summed E-state index contributed by atoms with van der Waals surface area (Å²) in [4.78, 5) is 11.7. The highest BCUT2D eigenvalue weighted by molar-refractivity contribution is 5.78. The van der Waals surface area contributed by atoms with E-state index in [4.69, 9.17) is 0 Å². The molecule has 1 rings (SSSR count). The second-order valence-corrected chi connectivity index (χ2v) is 6.02. The third-order valence-corrected chi connectivity index (χ3v) is 2.83. The van der Waals surface area contributed by atoms with Crippen molar-refractivity contribution in [2.45, 2.75) is 46.2 Å². The highest BCUT2D eigenvalue weighted by Gasteiger charge is 2.17. The Morgan fingerprint density at radius 2 is 1.85 bits per heavy atom. The molecular weight excluding hydrogens is 262 g/mol. The SMILES string of the molecule is Cc1cc(F)c(C(C)NCC(=O)NC(C)(C)C)cc1F. The molecule has 1 aromatic rings. The van der Waals surface area contributed by atoms with Crippen LogP contribution in [0.2, 0.25) is 0 Å². The molecule has 0 aliphatic rings. The second-order valence-electron chi connectivity index (χ2n) is 6.02. The first-order chi connectivity index (χ1) is 9.10. The first-order valence-electron chi connectivity index (χ1n) is 6.60. The number of amides is 1. The molecule has 112 valence electrons. The maximum Gasteiger partial charge on any atom is 0.234 e. The Bertz CT molecular complexity index is 495. The number of carbonyl (C=O) groups excluding carboxylic acids is 1. The van der Waals surface area contributed by atoms with Gasteiger partial charge in [0.15, 0.2) is 0 Å². The Morgan fingerprint density at radius 3 is 2.40 bits per heavy atom. The molecule has 1 amide bonds. The third kappa shape index (κ3) is 4.89. The molecule has 1 atom stereocenters. The van der Waals surface area contributed by atoms with Crippen LogP contribution in [-0.4, -0.2) is 18.0 Å². The van der Waals surface area contributed by atoms with E-state index >= 15 is 0 Å². The number of halogens is 2. The Labute approximate surface area is 118 Å². The Morgan fingerprint density at radius 1 is 1.25 bits per heavy atom. The number of hydrogen-bond acceptors (Lipinski definition) is 2. The first kappa shape index (κ1) is 16.6. The lowest BCUT2D eigenvalue weighted by molar-refractivity contribution is -0.121. The molecule has 0 spiro atoms. The van der Waals surface area contributed by atoms with Crippen molar-refractivity contribution >= 4 is 5.91 Å². The van der Waals surface area contributed by atoms with Gasteiger partial charge in [0.2, 0.25) is 5.91 Å². The minimum atomic E-state index is -0.472. The van der Waals surface area contributed by atoms with Crippen molar-refractivity contribution in [3.05, 3.63) is 34.9 Å². The van der Waals surface area contributed by atoms with E-state index in [0.717, 1.165) is 6.07 Å². The monoisotopic (exact) mass is 284 g/mol. The predicted octanol–water partition coefficient (Wildman–Crippen LogP) is 2.84. The maximum absolute atomic E-state index is 13.8. The molecule has 0 aromatic heterocycles. The summed E-state index contributed by atoms with van der Waals surface area (Å²) < 4.78 is 27.2. The third-order valence-electron chi connectivity index (χ3n) is 2.83. The van der Waals surface area contributed by atoms with E-state index in [2.05, 4.69) is 10.6 Å². The number of aryl methyl sites for hydroxylation is 1. The number of hydrogen-bond donors (Lipinski definition) is 2. The van der Waals surface area contributed by atoms with Crippen LogP contribution in [0, 0.1) is 18.6 Å². The number of benzene rings is 1. The van der Waals surface area contributed by atoms with Crippen molar-refractivity contribution in [1.82, 2.24) is 10.6 Å². The van der Waals surface area contributed by atoms with Gasteiger partial charge in [0.05, 0.1) is 6.54 Å². The molecule has 0 saturated heterocycles. The fourth-order valence-corrected chi connectivity index (χ4v) is 1.81. The van der Waals surface area contributed by atoms with Crippen LogP contribution in [0.5, 0.6) is 0 Å². The summed E-state index contributed by atoms with van der Waals surface area (Å²) in [7, 11) is 0. The smallest absolute Gasteiger partial charge is 0.234 e. The summed E-state index contributed by atoms with van der Waals surface area (Å²) >= 11 is 0. The topological polar surface area (TPSA) is 41.1 Å². The summed E-state index contributed by atoms with van der Waals surface area (Å²) in [6.45, 7) is 8.89. The van der Waals surface area contributed by atoms with E-state index in [1.54, 1.807) is 6.92 Å². The molecule has 0 bridgehead atoms. The molecule has 0 fully saturated rings. The number of nitrogens with one attached hydrogen (secondary N) is 2. The Hall–Kier alpha value is -1.49. The van der Waals surface area contributed by atoms with E-state index in [0.29, 0.717) is 0 Å². The molecule has 5 heteroatoms. The second kappa shape index (κ2) is 6.31. The van der Waals surface area contributed by atoms with Crippen LogP contribution < -0.4 is 10.6 Å². The molecule has 1 aromatic carbocycles. The van der Waals surface area contributed by atoms with E-state index < -0.39 is 17.7 Å². The van der Waals surface area contributed by atoms with Gasteiger partial charge in [0, 0.05) is 17.1 Å². The zero-order valence-electron chi connectivity index (χ0n) is 12.6. The van der Waals surface area contributed by atoms with Crippen LogP contribution in [0.4, 0.5) is 8.78 Å². The molecule has 0 radical (unpaired) electrons. The molecule has 0 heterocycles. The van der Waals surface area contributed by atoms with Crippen LogP contribution in [0.1, 0.15) is 44.9 Å². The van der Waals surface area contributed by atoms with Gasteiger partial charge in [0.25, 0.3) is 0 Å². The van der Waals surface area contributed by atoms with Gasteiger partial charge in [-0.2, -0.15) is 0 Å².